The molecule has 1 aromatic rings. The molecule has 0 fully saturated rings. The summed E-state index contributed by atoms with van der Waals surface area (Å²) in [6, 6.07) is 1.56. The van der Waals surface area contributed by atoms with Gasteiger partial charge in [-0.05, 0) is 26.1 Å². The maximum absolute atomic E-state index is 13.3. The Kier molecular flexibility index (Phi) is 5.16. The zero-order chi connectivity index (χ0) is 14.6. The van der Waals surface area contributed by atoms with Gasteiger partial charge in [0.05, 0.1) is 17.1 Å². The highest BCUT2D eigenvalue weighted by Gasteiger charge is 2.26. The Morgan fingerprint density at radius 3 is 2.68 bits per heavy atom. The van der Waals surface area contributed by atoms with Crippen LogP contribution in [0.4, 0.5) is 15.8 Å². The van der Waals surface area contributed by atoms with Crippen LogP contribution in [0.3, 0.4) is 0 Å². The Labute approximate surface area is 109 Å². The van der Waals surface area contributed by atoms with E-state index in [2.05, 4.69) is 5.32 Å². The molecule has 0 saturated carbocycles. The number of nitrogens with one attached hydrogen (secondary N) is 1. The number of halogens is 1. The Hall–Kier alpha value is -1.77. The lowest BCUT2D eigenvalue weighted by Crippen LogP contribution is -2.24. The van der Waals surface area contributed by atoms with E-state index in [1.807, 2.05) is 0 Å². The van der Waals surface area contributed by atoms with Gasteiger partial charge in [-0.3, -0.25) is 10.1 Å². The Balaban J connectivity index is 3.08. The zero-order valence-corrected chi connectivity index (χ0v) is 10.3. The fourth-order valence-corrected chi connectivity index (χ4v) is 1.68. The van der Waals surface area contributed by atoms with Crippen LogP contribution >= 0.6 is 0 Å². The first-order valence-electron chi connectivity index (χ1n) is 5.62. The molecule has 0 radical (unpaired) electrons. The molecule has 1 rings (SSSR count). The van der Waals surface area contributed by atoms with Crippen molar-refractivity contribution in [3.63, 3.8) is 0 Å². The number of nitrogens with two attached hydrogens (primary N) is 1. The first-order valence-corrected chi connectivity index (χ1v) is 5.62. The second kappa shape index (κ2) is 6.41. The molecule has 0 spiro atoms. The summed E-state index contributed by atoms with van der Waals surface area (Å²) in [4.78, 5) is 9.86. The minimum absolute atomic E-state index is 0.185. The van der Waals surface area contributed by atoms with Crippen molar-refractivity contribution < 1.29 is 19.5 Å². The van der Waals surface area contributed by atoms with Gasteiger partial charge >= 0.3 is 0 Å². The van der Waals surface area contributed by atoms with Gasteiger partial charge in [0.2, 0.25) is 0 Å². The minimum atomic E-state index is -1.48. The van der Waals surface area contributed by atoms with Crippen LogP contribution in [0.5, 0.6) is 0 Å². The van der Waals surface area contributed by atoms with Crippen molar-refractivity contribution in [3.05, 3.63) is 33.6 Å². The van der Waals surface area contributed by atoms with E-state index in [0.717, 1.165) is 6.07 Å². The second-order valence-electron chi connectivity index (χ2n) is 4.09. The van der Waals surface area contributed by atoms with E-state index in [0.29, 0.717) is 12.6 Å². The summed E-state index contributed by atoms with van der Waals surface area (Å²) in [5.41, 5.74) is 4.37. The SMILES string of the molecule is CNCCC(O)C(O)c1cc(F)cc([N+](=O)[O-])c1N. The quantitative estimate of drug-likeness (QED) is 0.336. The first kappa shape index (κ1) is 15.3. The van der Waals surface area contributed by atoms with Crippen LogP contribution in [0, 0.1) is 15.9 Å². The van der Waals surface area contributed by atoms with Crippen molar-refractivity contribution in [1.82, 2.24) is 5.32 Å². The number of hydrogen-bond donors (Lipinski definition) is 4. The average molecular weight is 273 g/mol. The molecule has 2 atom stereocenters. The smallest absolute Gasteiger partial charge is 0.295 e. The number of aliphatic hydroxyl groups excluding tert-OH is 2. The first-order chi connectivity index (χ1) is 8.88. The lowest BCUT2D eigenvalue weighted by molar-refractivity contribution is -0.384. The number of nitro groups is 1. The van der Waals surface area contributed by atoms with Gasteiger partial charge in [0.25, 0.3) is 5.69 Å². The van der Waals surface area contributed by atoms with E-state index in [1.165, 1.54) is 0 Å². The summed E-state index contributed by atoms with van der Waals surface area (Å²) in [5, 5.41) is 33.1. The maximum Gasteiger partial charge on any atom is 0.295 e. The molecule has 0 aliphatic heterocycles. The van der Waals surface area contributed by atoms with Gasteiger partial charge in [-0.25, -0.2) is 4.39 Å². The third-order valence-electron chi connectivity index (χ3n) is 2.72. The number of nitrogens with zero attached hydrogens (tertiary/aromatic N) is 1. The summed E-state index contributed by atoms with van der Waals surface area (Å²) in [6.45, 7) is 0.426. The number of nitrogen functional groups attached to an aromatic ring is 1. The van der Waals surface area contributed by atoms with Gasteiger partial charge in [0.15, 0.2) is 0 Å². The largest absolute Gasteiger partial charge is 0.393 e. The van der Waals surface area contributed by atoms with Crippen LogP contribution in [-0.4, -0.2) is 34.8 Å². The highest BCUT2D eigenvalue weighted by atomic mass is 19.1. The lowest BCUT2D eigenvalue weighted by Gasteiger charge is -2.19. The van der Waals surface area contributed by atoms with E-state index in [-0.39, 0.29) is 17.7 Å². The highest BCUT2D eigenvalue weighted by Crippen LogP contribution is 2.32. The Morgan fingerprint density at radius 1 is 1.53 bits per heavy atom. The molecule has 2 unspecified atom stereocenters. The van der Waals surface area contributed by atoms with Crippen LogP contribution in [0.1, 0.15) is 18.1 Å². The zero-order valence-electron chi connectivity index (χ0n) is 10.3. The van der Waals surface area contributed by atoms with Crippen molar-refractivity contribution in [2.75, 3.05) is 19.3 Å². The van der Waals surface area contributed by atoms with E-state index in [1.54, 1.807) is 7.05 Å². The molecule has 0 aliphatic carbocycles. The predicted octanol–water partition coefficient (Wildman–Crippen LogP) is 0.320. The second-order valence-corrected chi connectivity index (χ2v) is 4.09. The van der Waals surface area contributed by atoms with Gasteiger partial charge in [0, 0.05) is 5.56 Å². The molecule has 0 bridgehead atoms. The average Bonchev–Trinajstić information content (AvgIpc) is 2.37. The number of nitro benzene ring substituents is 1. The molecule has 0 amide bonds. The lowest BCUT2D eigenvalue weighted by atomic mass is 9.99. The Morgan fingerprint density at radius 2 is 2.16 bits per heavy atom. The van der Waals surface area contributed by atoms with E-state index < -0.39 is 28.6 Å². The summed E-state index contributed by atoms with van der Waals surface area (Å²) in [5.74, 6) is -0.893. The van der Waals surface area contributed by atoms with Crippen LogP contribution in [-0.2, 0) is 0 Å². The van der Waals surface area contributed by atoms with E-state index in [9.17, 15) is 24.7 Å². The topological polar surface area (TPSA) is 122 Å². The molecule has 0 heterocycles. The van der Waals surface area contributed by atoms with Gasteiger partial charge in [-0.15, -0.1) is 0 Å². The minimum Gasteiger partial charge on any atom is -0.393 e. The molecule has 7 nitrogen and oxygen atoms in total. The number of aliphatic hydroxyl groups is 2. The number of anilines is 1. The van der Waals surface area contributed by atoms with Crippen LogP contribution in [0.25, 0.3) is 0 Å². The normalized spacial score (nSPS) is 14.1. The summed E-state index contributed by atoms with van der Waals surface area (Å²) < 4.78 is 13.3. The van der Waals surface area contributed by atoms with E-state index in [4.69, 9.17) is 5.73 Å². The highest BCUT2D eigenvalue weighted by molar-refractivity contribution is 5.64. The van der Waals surface area contributed by atoms with Gasteiger partial charge in [0.1, 0.15) is 17.6 Å². The van der Waals surface area contributed by atoms with Crippen molar-refractivity contribution in [1.29, 1.82) is 0 Å². The molecule has 106 valence electrons. The van der Waals surface area contributed by atoms with E-state index >= 15 is 0 Å². The van der Waals surface area contributed by atoms with Crippen molar-refractivity contribution >= 4 is 11.4 Å². The summed E-state index contributed by atoms with van der Waals surface area (Å²) in [7, 11) is 1.67. The molecule has 5 N–H and O–H groups in total. The van der Waals surface area contributed by atoms with Gasteiger partial charge in [-0.2, -0.15) is 0 Å². The molecular formula is C11H16FN3O4. The van der Waals surface area contributed by atoms with Crippen molar-refractivity contribution in [2.24, 2.45) is 0 Å². The standard InChI is InChI=1S/C11H16FN3O4/c1-14-3-2-9(16)11(17)7-4-6(12)5-8(10(7)13)15(18)19/h4-5,9,11,14,16-17H,2-3,13H2,1H3. The summed E-state index contributed by atoms with van der Waals surface area (Å²) in [6.07, 6.45) is -2.49. The molecular weight excluding hydrogens is 257 g/mol. The molecule has 1 aromatic carbocycles. The number of rotatable bonds is 6. The van der Waals surface area contributed by atoms with Gasteiger partial charge < -0.3 is 21.3 Å². The fourth-order valence-electron chi connectivity index (χ4n) is 1.68. The maximum atomic E-state index is 13.3. The Bertz CT molecular complexity index is 469. The molecule has 0 aliphatic rings. The molecule has 0 aromatic heterocycles. The molecule has 19 heavy (non-hydrogen) atoms. The van der Waals surface area contributed by atoms with Crippen LogP contribution in [0.15, 0.2) is 12.1 Å². The molecule has 0 saturated heterocycles. The predicted molar refractivity (Wildman–Crippen MR) is 67.0 cm³/mol. The number of hydrogen-bond acceptors (Lipinski definition) is 6. The third kappa shape index (κ3) is 3.60. The third-order valence-corrected chi connectivity index (χ3v) is 2.72. The molecule has 8 heteroatoms. The van der Waals surface area contributed by atoms with Crippen molar-refractivity contribution in [2.45, 2.75) is 18.6 Å². The van der Waals surface area contributed by atoms with Gasteiger partial charge in [-0.1, -0.05) is 0 Å². The van der Waals surface area contributed by atoms with Crippen LogP contribution < -0.4 is 11.1 Å². The number of benzene rings is 1. The van der Waals surface area contributed by atoms with Crippen LogP contribution in [0.2, 0.25) is 0 Å². The van der Waals surface area contributed by atoms with Crippen molar-refractivity contribution in [3.8, 4) is 0 Å². The fraction of sp³-hybridized carbons (Fsp3) is 0.455. The summed E-state index contributed by atoms with van der Waals surface area (Å²) >= 11 is 0. The monoisotopic (exact) mass is 273 g/mol.